The topological polar surface area (TPSA) is 42.0 Å². The van der Waals surface area contributed by atoms with Crippen molar-refractivity contribution in [2.45, 2.75) is 45.1 Å². The third-order valence-electron chi connectivity index (χ3n) is 3.13. The van der Waals surface area contributed by atoms with Crippen molar-refractivity contribution in [2.75, 3.05) is 0 Å². The molecule has 1 amide bonds. The molecule has 1 N–H and O–H groups in total. The molecule has 1 saturated carbocycles. The largest absolute Gasteiger partial charge is 0.353 e. The van der Waals surface area contributed by atoms with Gasteiger partial charge in [0.2, 0.25) is 5.91 Å². The summed E-state index contributed by atoms with van der Waals surface area (Å²) < 4.78 is 0. The summed E-state index contributed by atoms with van der Waals surface area (Å²) >= 11 is 1.54. The van der Waals surface area contributed by atoms with E-state index in [2.05, 4.69) is 17.2 Å². The number of carbonyl (C=O) groups excluding carboxylic acids is 1. The van der Waals surface area contributed by atoms with E-state index in [0.717, 1.165) is 24.5 Å². The maximum absolute atomic E-state index is 11.7. The maximum atomic E-state index is 11.7. The van der Waals surface area contributed by atoms with E-state index in [1.807, 2.05) is 5.38 Å². The fourth-order valence-corrected chi connectivity index (χ4v) is 2.89. The summed E-state index contributed by atoms with van der Waals surface area (Å²) in [5.74, 6) is 0.864. The van der Waals surface area contributed by atoms with Crippen molar-refractivity contribution in [1.82, 2.24) is 10.3 Å². The molecule has 3 nitrogen and oxygen atoms in total. The highest BCUT2D eigenvalue weighted by molar-refractivity contribution is 7.07. The van der Waals surface area contributed by atoms with Crippen LogP contribution in [0.25, 0.3) is 0 Å². The Kier molecular flexibility index (Phi) is 3.93. The van der Waals surface area contributed by atoms with Crippen LogP contribution in [0.15, 0.2) is 10.9 Å². The van der Waals surface area contributed by atoms with Crippen molar-refractivity contribution in [1.29, 1.82) is 0 Å². The first kappa shape index (κ1) is 11.6. The molecular weight excluding hydrogens is 220 g/mol. The molecule has 2 rings (SSSR count). The second-order valence-electron chi connectivity index (χ2n) is 4.69. The molecule has 1 aromatic heterocycles. The number of aromatic nitrogens is 1. The molecule has 4 heteroatoms. The minimum atomic E-state index is 0.116. The summed E-state index contributed by atoms with van der Waals surface area (Å²) in [5, 5.41) is 5.05. The van der Waals surface area contributed by atoms with Gasteiger partial charge in [-0.25, -0.2) is 4.98 Å². The number of hydrogen-bond acceptors (Lipinski definition) is 3. The van der Waals surface area contributed by atoms with E-state index in [9.17, 15) is 4.79 Å². The lowest BCUT2D eigenvalue weighted by Gasteiger charge is -2.27. The summed E-state index contributed by atoms with van der Waals surface area (Å²) in [5.41, 5.74) is 2.65. The summed E-state index contributed by atoms with van der Waals surface area (Å²) in [7, 11) is 0. The van der Waals surface area contributed by atoms with Crippen LogP contribution in [-0.2, 0) is 11.2 Å². The Bertz CT molecular complexity index is 337. The van der Waals surface area contributed by atoms with E-state index >= 15 is 0 Å². The summed E-state index contributed by atoms with van der Waals surface area (Å²) in [6, 6.07) is 0.384. The fourth-order valence-electron chi connectivity index (χ4n) is 2.33. The first-order chi connectivity index (χ1) is 7.74. The number of hydrogen-bond donors (Lipinski definition) is 1. The average Bonchev–Trinajstić information content (AvgIpc) is 2.70. The van der Waals surface area contributed by atoms with Crippen molar-refractivity contribution >= 4 is 17.2 Å². The Morgan fingerprint density at radius 2 is 2.50 bits per heavy atom. The van der Waals surface area contributed by atoms with E-state index in [4.69, 9.17) is 0 Å². The van der Waals surface area contributed by atoms with E-state index in [1.165, 1.54) is 24.2 Å². The van der Waals surface area contributed by atoms with E-state index in [-0.39, 0.29) is 5.91 Å². The molecular formula is C12H18N2OS. The Morgan fingerprint density at radius 1 is 1.62 bits per heavy atom. The quantitative estimate of drug-likeness (QED) is 0.878. The lowest BCUT2D eigenvalue weighted by atomic mass is 9.87. The predicted octanol–water partition coefficient (Wildman–Crippen LogP) is 2.38. The van der Waals surface area contributed by atoms with Crippen LogP contribution in [0, 0.1) is 5.92 Å². The van der Waals surface area contributed by atoms with Gasteiger partial charge in [0.05, 0.1) is 17.6 Å². The second kappa shape index (κ2) is 5.43. The SMILES string of the molecule is CC1CCCC(NC(=O)Cc2cscn2)C1. The minimum Gasteiger partial charge on any atom is -0.353 e. The summed E-state index contributed by atoms with van der Waals surface area (Å²) in [6.45, 7) is 2.26. The molecule has 0 bridgehead atoms. The van der Waals surface area contributed by atoms with Crippen LogP contribution in [0.1, 0.15) is 38.3 Å². The van der Waals surface area contributed by atoms with E-state index < -0.39 is 0 Å². The molecule has 0 spiro atoms. The molecule has 1 aliphatic rings. The first-order valence-corrected chi connectivity index (χ1v) is 6.84. The van der Waals surface area contributed by atoms with Crippen molar-refractivity contribution in [3.63, 3.8) is 0 Å². The highest BCUT2D eigenvalue weighted by Gasteiger charge is 2.20. The number of amides is 1. The van der Waals surface area contributed by atoms with Crippen LogP contribution >= 0.6 is 11.3 Å². The zero-order valence-corrected chi connectivity index (χ0v) is 10.4. The minimum absolute atomic E-state index is 0.116. The van der Waals surface area contributed by atoms with Crippen LogP contribution in [-0.4, -0.2) is 16.9 Å². The second-order valence-corrected chi connectivity index (χ2v) is 5.41. The van der Waals surface area contributed by atoms with Crippen LogP contribution in [0.4, 0.5) is 0 Å². The number of nitrogens with zero attached hydrogens (tertiary/aromatic N) is 1. The Hall–Kier alpha value is -0.900. The standard InChI is InChI=1S/C12H18N2OS/c1-9-3-2-4-10(5-9)14-12(15)6-11-7-16-8-13-11/h7-10H,2-6H2,1H3,(H,14,15). The van der Waals surface area contributed by atoms with Crippen molar-refractivity contribution < 1.29 is 4.79 Å². The van der Waals surface area contributed by atoms with Gasteiger partial charge in [0.15, 0.2) is 0 Å². The molecule has 0 radical (unpaired) electrons. The lowest BCUT2D eigenvalue weighted by molar-refractivity contribution is -0.121. The highest BCUT2D eigenvalue weighted by Crippen LogP contribution is 2.23. The third kappa shape index (κ3) is 3.30. The number of carbonyl (C=O) groups is 1. The van der Waals surface area contributed by atoms with Gasteiger partial charge in [0.1, 0.15) is 0 Å². The van der Waals surface area contributed by atoms with Gasteiger partial charge in [0.25, 0.3) is 0 Å². The van der Waals surface area contributed by atoms with E-state index in [1.54, 1.807) is 5.51 Å². The first-order valence-electron chi connectivity index (χ1n) is 5.90. The van der Waals surface area contributed by atoms with Crippen LogP contribution < -0.4 is 5.32 Å². The zero-order chi connectivity index (χ0) is 11.4. The van der Waals surface area contributed by atoms with E-state index in [0.29, 0.717) is 12.5 Å². The Morgan fingerprint density at radius 3 is 3.19 bits per heavy atom. The molecule has 1 heterocycles. The van der Waals surface area contributed by atoms with Crippen LogP contribution in [0.3, 0.4) is 0 Å². The molecule has 1 aliphatic carbocycles. The van der Waals surface area contributed by atoms with Crippen molar-refractivity contribution in [3.8, 4) is 0 Å². The molecule has 1 aromatic rings. The normalized spacial score (nSPS) is 25.3. The van der Waals surface area contributed by atoms with Gasteiger partial charge in [-0.1, -0.05) is 19.8 Å². The lowest BCUT2D eigenvalue weighted by Crippen LogP contribution is -2.38. The summed E-state index contributed by atoms with van der Waals surface area (Å²) in [4.78, 5) is 15.9. The monoisotopic (exact) mass is 238 g/mol. The van der Waals surface area contributed by atoms with Crippen molar-refractivity contribution in [3.05, 3.63) is 16.6 Å². The molecule has 0 aliphatic heterocycles. The van der Waals surface area contributed by atoms with Gasteiger partial charge >= 0.3 is 0 Å². The van der Waals surface area contributed by atoms with Crippen LogP contribution in [0.5, 0.6) is 0 Å². The summed E-state index contributed by atoms with van der Waals surface area (Å²) in [6.07, 6.45) is 5.23. The van der Waals surface area contributed by atoms with Crippen molar-refractivity contribution in [2.24, 2.45) is 5.92 Å². The van der Waals surface area contributed by atoms with Gasteiger partial charge in [-0.3, -0.25) is 4.79 Å². The smallest absolute Gasteiger partial charge is 0.226 e. The molecule has 88 valence electrons. The van der Waals surface area contributed by atoms with Gasteiger partial charge in [-0.2, -0.15) is 0 Å². The number of nitrogens with one attached hydrogen (secondary N) is 1. The Labute approximate surface area is 100 Å². The van der Waals surface area contributed by atoms with Gasteiger partial charge in [0, 0.05) is 11.4 Å². The highest BCUT2D eigenvalue weighted by atomic mass is 32.1. The fraction of sp³-hybridized carbons (Fsp3) is 0.667. The zero-order valence-electron chi connectivity index (χ0n) is 9.61. The predicted molar refractivity (Wildman–Crippen MR) is 65.4 cm³/mol. The van der Waals surface area contributed by atoms with Gasteiger partial charge < -0.3 is 5.32 Å². The molecule has 16 heavy (non-hydrogen) atoms. The molecule has 0 saturated heterocycles. The maximum Gasteiger partial charge on any atom is 0.226 e. The van der Waals surface area contributed by atoms with Gasteiger partial charge in [-0.05, 0) is 18.8 Å². The number of thiazole rings is 1. The number of rotatable bonds is 3. The molecule has 2 atom stereocenters. The van der Waals surface area contributed by atoms with Gasteiger partial charge in [-0.15, -0.1) is 11.3 Å². The Balaban J connectivity index is 1.78. The molecule has 1 fully saturated rings. The average molecular weight is 238 g/mol. The van der Waals surface area contributed by atoms with Crippen LogP contribution in [0.2, 0.25) is 0 Å². The molecule has 0 aromatic carbocycles. The molecule has 2 unspecified atom stereocenters. The third-order valence-corrected chi connectivity index (χ3v) is 3.76.